The first-order valence-electron chi connectivity index (χ1n) is 9.93. The number of rotatable bonds is 6. The van der Waals surface area contributed by atoms with Gasteiger partial charge in [0.05, 0.1) is 20.6 Å². The maximum atomic E-state index is 12.6. The van der Waals surface area contributed by atoms with Crippen LogP contribution in [0.5, 0.6) is 17.2 Å². The number of para-hydroxylation sites is 1. The van der Waals surface area contributed by atoms with Gasteiger partial charge >= 0.3 is 5.97 Å². The van der Waals surface area contributed by atoms with Gasteiger partial charge < -0.3 is 18.9 Å². The molecule has 0 saturated carbocycles. The number of benzene rings is 2. The van der Waals surface area contributed by atoms with Crippen LogP contribution in [0, 0.1) is 20.8 Å². The number of carbonyl (C=O) groups is 1. The standard InChI is InChI=1S/C24H30O5/c1-15-16(2)23-19(17(3)22(15)27-6)11-12-24(4,29-23)13-21(25)28-14-18-9-7-8-10-20(18)26-5/h7-10H,11-14H2,1-6H3/t24-/m0/s1. The summed E-state index contributed by atoms with van der Waals surface area (Å²) in [6.45, 7) is 8.32. The van der Waals surface area contributed by atoms with E-state index < -0.39 is 5.60 Å². The predicted octanol–water partition coefficient (Wildman–Crippen LogP) is 4.85. The number of ether oxygens (including phenoxy) is 4. The molecule has 1 aliphatic heterocycles. The van der Waals surface area contributed by atoms with Crippen molar-refractivity contribution < 1.29 is 23.7 Å². The fourth-order valence-electron chi connectivity index (χ4n) is 4.05. The van der Waals surface area contributed by atoms with Crippen molar-refractivity contribution in [3.63, 3.8) is 0 Å². The first-order valence-corrected chi connectivity index (χ1v) is 9.93. The molecular formula is C24H30O5. The molecule has 0 aromatic heterocycles. The van der Waals surface area contributed by atoms with Crippen molar-refractivity contribution in [2.75, 3.05) is 14.2 Å². The number of hydrogen-bond donors (Lipinski definition) is 0. The van der Waals surface area contributed by atoms with Gasteiger partial charge in [0, 0.05) is 11.1 Å². The van der Waals surface area contributed by atoms with Crippen LogP contribution in [0.25, 0.3) is 0 Å². The molecule has 5 heteroatoms. The second-order valence-corrected chi connectivity index (χ2v) is 7.92. The molecule has 1 heterocycles. The van der Waals surface area contributed by atoms with Crippen LogP contribution in [-0.2, 0) is 22.6 Å². The van der Waals surface area contributed by atoms with Crippen molar-refractivity contribution in [2.24, 2.45) is 0 Å². The Bertz CT molecular complexity index is 918. The van der Waals surface area contributed by atoms with Crippen LogP contribution in [0.15, 0.2) is 24.3 Å². The Balaban J connectivity index is 1.72. The first kappa shape index (κ1) is 21.0. The third kappa shape index (κ3) is 4.19. The van der Waals surface area contributed by atoms with E-state index >= 15 is 0 Å². The molecule has 0 saturated heterocycles. The normalized spacial score (nSPS) is 17.9. The zero-order valence-electron chi connectivity index (χ0n) is 18.2. The second kappa shape index (κ2) is 8.36. The van der Waals surface area contributed by atoms with Crippen LogP contribution in [0.2, 0.25) is 0 Å². The summed E-state index contributed by atoms with van der Waals surface area (Å²) in [6.07, 6.45) is 1.79. The largest absolute Gasteiger partial charge is 0.496 e. The van der Waals surface area contributed by atoms with E-state index in [1.807, 2.05) is 45.0 Å². The minimum atomic E-state index is -0.594. The minimum absolute atomic E-state index is 0.184. The Morgan fingerprint density at radius 1 is 1.07 bits per heavy atom. The van der Waals surface area contributed by atoms with Gasteiger partial charge in [-0.05, 0) is 63.3 Å². The van der Waals surface area contributed by atoms with Gasteiger partial charge in [-0.2, -0.15) is 0 Å². The summed E-state index contributed by atoms with van der Waals surface area (Å²) in [5.74, 6) is 2.24. The molecule has 0 unspecified atom stereocenters. The Labute approximate surface area is 172 Å². The zero-order valence-corrected chi connectivity index (χ0v) is 18.2. The lowest BCUT2D eigenvalue weighted by molar-refractivity contribution is -0.149. The molecule has 2 aromatic carbocycles. The van der Waals surface area contributed by atoms with Gasteiger partial charge in [-0.3, -0.25) is 4.79 Å². The molecule has 0 spiro atoms. The Morgan fingerprint density at radius 3 is 2.48 bits per heavy atom. The molecule has 0 bridgehead atoms. The van der Waals surface area contributed by atoms with Gasteiger partial charge in [-0.15, -0.1) is 0 Å². The lowest BCUT2D eigenvalue weighted by Gasteiger charge is -2.37. The topological polar surface area (TPSA) is 54.0 Å². The number of fused-ring (bicyclic) bond motifs is 1. The number of hydrogen-bond acceptors (Lipinski definition) is 5. The average Bonchev–Trinajstić information content (AvgIpc) is 2.71. The minimum Gasteiger partial charge on any atom is -0.496 e. The maximum Gasteiger partial charge on any atom is 0.310 e. The fraction of sp³-hybridized carbons (Fsp3) is 0.458. The molecule has 1 aliphatic rings. The van der Waals surface area contributed by atoms with Gasteiger partial charge in [0.1, 0.15) is 29.5 Å². The third-order valence-corrected chi connectivity index (χ3v) is 5.87. The van der Waals surface area contributed by atoms with Crippen LogP contribution >= 0.6 is 0 Å². The van der Waals surface area contributed by atoms with E-state index in [1.165, 1.54) is 5.56 Å². The molecule has 0 N–H and O–H groups in total. The Morgan fingerprint density at radius 2 is 1.79 bits per heavy atom. The molecule has 5 nitrogen and oxygen atoms in total. The SMILES string of the molecule is COc1ccccc1COC(=O)C[C@]1(C)CCc2c(C)c(OC)c(C)c(C)c2O1. The molecule has 1 atom stereocenters. The van der Waals surface area contributed by atoms with Crippen LogP contribution in [-0.4, -0.2) is 25.8 Å². The highest BCUT2D eigenvalue weighted by Crippen LogP contribution is 2.44. The van der Waals surface area contributed by atoms with E-state index in [9.17, 15) is 4.79 Å². The predicted molar refractivity (Wildman–Crippen MR) is 112 cm³/mol. The van der Waals surface area contributed by atoms with Gasteiger partial charge in [-0.1, -0.05) is 18.2 Å². The summed E-state index contributed by atoms with van der Waals surface area (Å²) in [7, 11) is 3.31. The number of esters is 1. The summed E-state index contributed by atoms with van der Waals surface area (Å²) in [6, 6.07) is 7.53. The number of carbonyl (C=O) groups excluding carboxylic acids is 1. The third-order valence-electron chi connectivity index (χ3n) is 5.87. The van der Waals surface area contributed by atoms with Crippen LogP contribution in [0.4, 0.5) is 0 Å². The summed E-state index contributed by atoms with van der Waals surface area (Å²) >= 11 is 0. The monoisotopic (exact) mass is 398 g/mol. The highest BCUT2D eigenvalue weighted by molar-refractivity contribution is 5.71. The Hall–Kier alpha value is -2.69. The second-order valence-electron chi connectivity index (χ2n) is 7.92. The highest BCUT2D eigenvalue weighted by Gasteiger charge is 2.37. The van der Waals surface area contributed by atoms with E-state index in [4.69, 9.17) is 18.9 Å². The van der Waals surface area contributed by atoms with Crippen LogP contribution in [0.3, 0.4) is 0 Å². The molecule has 0 fully saturated rings. The summed E-state index contributed by atoms with van der Waals surface area (Å²) in [5.41, 5.74) is 4.68. The lowest BCUT2D eigenvalue weighted by atomic mass is 9.85. The molecule has 29 heavy (non-hydrogen) atoms. The van der Waals surface area contributed by atoms with E-state index in [2.05, 4.69) is 6.92 Å². The molecule has 156 valence electrons. The molecule has 2 aromatic rings. The zero-order chi connectivity index (χ0) is 21.2. The van der Waals surface area contributed by atoms with Crippen molar-refractivity contribution in [2.45, 2.75) is 59.2 Å². The van der Waals surface area contributed by atoms with Gasteiger partial charge in [0.15, 0.2) is 0 Å². The average molecular weight is 398 g/mol. The van der Waals surface area contributed by atoms with Gasteiger partial charge in [0.2, 0.25) is 0 Å². The van der Waals surface area contributed by atoms with E-state index in [0.717, 1.165) is 46.6 Å². The molecule has 0 amide bonds. The highest BCUT2D eigenvalue weighted by atomic mass is 16.5. The number of methoxy groups -OCH3 is 2. The van der Waals surface area contributed by atoms with Crippen LogP contribution < -0.4 is 14.2 Å². The lowest BCUT2D eigenvalue weighted by Crippen LogP contribution is -2.39. The van der Waals surface area contributed by atoms with Crippen LogP contribution in [0.1, 0.15) is 47.6 Å². The summed E-state index contributed by atoms with van der Waals surface area (Å²) < 4.78 is 22.8. The van der Waals surface area contributed by atoms with Crippen molar-refractivity contribution in [3.05, 3.63) is 52.1 Å². The van der Waals surface area contributed by atoms with Crippen molar-refractivity contribution >= 4 is 5.97 Å². The first-order chi connectivity index (χ1) is 13.8. The van der Waals surface area contributed by atoms with Crippen molar-refractivity contribution in [1.29, 1.82) is 0 Å². The van der Waals surface area contributed by atoms with Gasteiger partial charge in [0.25, 0.3) is 0 Å². The molecule has 0 aliphatic carbocycles. The van der Waals surface area contributed by atoms with Gasteiger partial charge in [-0.25, -0.2) is 0 Å². The van der Waals surface area contributed by atoms with E-state index in [-0.39, 0.29) is 19.0 Å². The summed E-state index contributed by atoms with van der Waals surface area (Å²) in [4.78, 5) is 12.6. The summed E-state index contributed by atoms with van der Waals surface area (Å²) in [5, 5.41) is 0. The fourth-order valence-corrected chi connectivity index (χ4v) is 4.05. The van der Waals surface area contributed by atoms with E-state index in [0.29, 0.717) is 5.75 Å². The molecular weight excluding hydrogens is 368 g/mol. The van der Waals surface area contributed by atoms with Crippen molar-refractivity contribution in [3.8, 4) is 17.2 Å². The maximum absolute atomic E-state index is 12.6. The molecule has 0 radical (unpaired) electrons. The molecule has 3 rings (SSSR count). The quantitative estimate of drug-likeness (QED) is 0.652. The van der Waals surface area contributed by atoms with Crippen molar-refractivity contribution in [1.82, 2.24) is 0 Å². The Kier molecular flexibility index (Phi) is 6.06. The van der Waals surface area contributed by atoms with E-state index in [1.54, 1.807) is 14.2 Å². The smallest absolute Gasteiger partial charge is 0.310 e.